The van der Waals surface area contributed by atoms with Crippen LogP contribution in [0.5, 0.6) is 5.75 Å². The highest BCUT2D eigenvalue weighted by molar-refractivity contribution is 6.00. The van der Waals surface area contributed by atoms with Gasteiger partial charge in [0, 0.05) is 31.1 Å². The predicted molar refractivity (Wildman–Crippen MR) is 170 cm³/mol. The summed E-state index contributed by atoms with van der Waals surface area (Å²) in [6.07, 6.45) is 7.93. The first-order valence-electron chi connectivity index (χ1n) is 14.9. The van der Waals surface area contributed by atoms with Gasteiger partial charge in [0.2, 0.25) is 5.91 Å². The van der Waals surface area contributed by atoms with Crippen molar-refractivity contribution < 1.29 is 19.4 Å². The van der Waals surface area contributed by atoms with Crippen LogP contribution in [0.4, 0.5) is 4.79 Å². The Morgan fingerprint density at radius 3 is 2.44 bits per heavy atom. The molecule has 4 aromatic rings. The minimum absolute atomic E-state index is 0.0574. The van der Waals surface area contributed by atoms with Gasteiger partial charge < -0.3 is 19.6 Å². The van der Waals surface area contributed by atoms with Crippen LogP contribution in [0.15, 0.2) is 91.1 Å². The van der Waals surface area contributed by atoms with Crippen LogP contribution in [-0.4, -0.2) is 69.9 Å². The first kappa shape index (κ1) is 29.6. The molecule has 1 aliphatic rings. The van der Waals surface area contributed by atoms with Crippen molar-refractivity contribution >= 4 is 34.0 Å². The highest BCUT2D eigenvalue weighted by Gasteiger charge is 2.16. The number of benzene rings is 3. The molecular formula is C35H38N4O4. The molecule has 222 valence electrons. The van der Waals surface area contributed by atoms with Gasteiger partial charge in [0.1, 0.15) is 12.4 Å². The summed E-state index contributed by atoms with van der Waals surface area (Å²) in [5.41, 5.74) is 6.71. The number of carbonyl (C=O) groups excluding carboxylic acids is 1. The first-order chi connectivity index (χ1) is 21.0. The van der Waals surface area contributed by atoms with Gasteiger partial charge in [-0.1, -0.05) is 61.5 Å². The maximum atomic E-state index is 12.3. The van der Waals surface area contributed by atoms with Gasteiger partial charge in [-0.05, 0) is 77.8 Å². The van der Waals surface area contributed by atoms with Crippen molar-refractivity contribution in [1.29, 1.82) is 0 Å². The van der Waals surface area contributed by atoms with E-state index in [4.69, 9.17) is 4.74 Å². The summed E-state index contributed by atoms with van der Waals surface area (Å²) in [6.45, 7) is 4.21. The molecule has 0 unspecified atom stereocenters. The molecule has 2 amide bonds. The molecule has 5 rings (SSSR count). The van der Waals surface area contributed by atoms with E-state index in [-0.39, 0.29) is 25.6 Å². The van der Waals surface area contributed by atoms with Crippen LogP contribution in [0.25, 0.3) is 22.0 Å². The van der Waals surface area contributed by atoms with E-state index in [0.29, 0.717) is 5.75 Å². The van der Waals surface area contributed by atoms with E-state index in [0.717, 1.165) is 66.4 Å². The Hall–Kier alpha value is -4.85. The molecule has 3 aromatic carbocycles. The van der Waals surface area contributed by atoms with Crippen LogP contribution >= 0.6 is 0 Å². The summed E-state index contributed by atoms with van der Waals surface area (Å²) in [5.74, 6) is 0.602. The zero-order valence-electron chi connectivity index (χ0n) is 24.5. The van der Waals surface area contributed by atoms with E-state index in [1.807, 2.05) is 41.4 Å². The number of nitrogens with one attached hydrogen (secondary N) is 1. The molecule has 1 fully saturated rings. The highest BCUT2D eigenvalue weighted by Crippen LogP contribution is 2.36. The van der Waals surface area contributed by atoms with Crippen LogP contribution in [0.1, 0.15) is 49.3 Å². The lowest BCUT2D eigenvalue weighted by Crippen LogP contribution is -2.35. The Morgan fingerprint density at radius 1 is 0.977 bits per heavy atom. The SMILES string of the molecule is CCC(=C(c1ccc(OCCN(CC=CC(=O)N2CCCCC2)C(=O)O)cc1)c1ccc2[nH]ncc2c1)c1ccccc1. The van der Waals surface area contributed by atoms with Gasteiger partial charge in [0.05, 0.1) is 18.3 Å². The number of carbonyl (C=O) groups is 2. The minimum atomic E-state index is -1.05. The molecule has 8 nitrogen and oxygen atoms in total. The molecule has 43 heavy (non-hydrogen) atoms. The lowest BCUT2D eigenvalue weighted by atomic mass is 9.88. The summed E-state index contributed by atoms with van der Waals surface area (Å²) in [5, 5.41) is 17.9. The number of H-pyrrole nitrogens is 1. The number of carboxylic acid groups (broad SMARTS) is 1. The number of rotatable bonds is 11. The fourth-order valence-electron chi connectivity index (χ4n) is 5.53. The third-order valence-electron chi connectivity index (χ3n) is 7.80. The summed E-state index contributed by atoms with van der Waals surface area (Å²) in [7, 11) is 0. The largest absolute Gasteiger partial charge is 0.492 e. The van der Waals surface area contributed by atoms with Crippen LogP contribution in [-0.2, 0) is 4.79 Å². The number of amides is 2. The van der Waals surface area contributed by atoms with Crippen molar-refractivity contribution in [3.63, 3.8) is 0 Å². The zero-order chi connectivity index (χ0) is 30.0. The fourth-order valence-corrected chi connectivity index (χ4v) is 5.53. The van der Waals surface area contributed by atoms with Crippen molar-refractivity contribution in [3.8, 4) is 5.75 Å². The minimum Gasteiger partial charge on any atom is -0.492 e. The molecule has 1 aliphatic heterocycles. The van der Waals surface area contributed by atoms with Gasteiger partial charge >= 0.3 is 6.09 Å². The second kappa shape index (κ2) is 14.4. The van der Waals surface area contributed by atoms with Crippen molar-refractivity contribution in [1.82, 2.24) is 20.0 Å². The van der Waals surface area contributed by atoms with Crippen LogP contribution < -0.4 is 4.74 Å². The van der Waals surface area contributed by atoms with Gasteiger partial charge in [0.25, 0.3) is 0 Å². The lowest BCUT2D eigenvalue weighted by molar-refractivity contribution is -0.126. The normalized spacial score (nSPS) is 14.1. The maximum absolute atomic E-state index is 12.3. The second-order valence-corrected chi connectivity index (χ2v) is 10.6. The molecule has 0 atom stereocenters. The fraction of sp³-hybridized carbons (Fsp3) is 0.286. The number of likely N-dealkylation sites (tertiary alicyclic amines) is 1. The van der Waals surface area contributed by atoms with E-state index in [1.165, 1.54) is 22.1 Å². The molecule has 8 heteroatoms. The lowest BCUT2D eigenvalue weighted by Gasteiger charge is -2.25. The monoisotopic (exact) mass is 578 g/mol. The van der Waals surface area contributed by atoms with E-state index in [9.17, 15) is 14.7 Å². The van der Waals surface area contributed by atoms with Gasteiger partial charge in [0.15, 0.2) is 0 Å². The maximum Gasteiger partial charge on any atom is 0.407 e. The number of fused-ring (bicyclic) bond motifs is 1. The molecule has 0 saturated carbocycles. The first-order valence-corrected chi connectivity index (χ1v) is 14.9. The van der Waals surface area contributed by atoms with E-state index in [1.54, 1.807) is 6.08 Å². The Bertz CT molecular complexity index is 1590. The molecule has 2 heterocycles. The van der Waals surface area contributed by atoms with Gasteiger partial charge in [-0.25, -0.2) is 4.79 Å². The molecule has 1 saturated heterocycles. The van der Waals surface area contributed by atoms with Gasteiger partial charge in [-0.2, -0.15) is 5.10 Å². The smallest absolute Gasteiger partial charge is 0.407 e. The molecule has 0 aliphatic carbocycles. The molecular weight excluding hydrogens is 540 g/mol. The summed E-state index contributed by atoms with van der Waals surface area (Å²) in [4.78, 5) is 27.2. The quantitative estimate of drug-likeness (QED) is 0.150. The molecule has 2 N–H and O–H groups in total. The van der Waals surface area contributed by atoms with Crippen molar-refractivity contribution in [3.05, 3.63) is 108 Å². The standard InChI is InChI=1S/C35H38N4O4/c1-2-31(26-10-5-3-6-11-26)34(28-15-18-32-29(24-28)25-36-37-32)27-13-16-30(17-14-27)43-23-22-39(35(41)42)21-9-12-33(40)38-19-7-4-8-20-38/h3,5-6,9-18,24-25H,2,4,7-8,19-23H2,1H3,(H,36,37)(H,41,42). The van der Waals surface area contributed by atoms with Crippen LogP contribution in [0, 0.1) is 0 Å². The van der Waals surface area contributed by atoms with Gasteiger partial charge in [-0.15, -0.1) is 0 Å². The Morgan fingerprint density at radius 2 is 1.72 bits per heavy atom. The summed E-state index contributed by atoms with van der Waals surface area (Å²) < 4.78 is 5.94. The molecule has 0 radical (unpaired) electrons. The number of hydrogen-bond donors (Lipinski definition) is 2. The summed E-state index contributed by atoms with van der Waals surface area (Å²) >= 11 is 0. The van der Waals surface area contributed by atoms with Crippen molar-refractivity contribution in [2.24, 2.45) is 0 Å². The third kappa shape index (κ3) is 7.52. The molecule has 1 aromatic heterocycles. The van der Waals surface area contributed by atoms with Crippen molar-refractivity contribution in [2.75, 3.05) is 32.8 Å². The predicted octanol–water partition coefficient (Wildman–Crippen LogP) is 6.86. The molecule has 0 spiro atoms. The Kier molecular flexibility index (Phi) is 9.90. The second-order valence-electron chi connectivity index (χ2n) is 10.6. The van der Waals surface area contributed by atoms with E-state index >= 15 is 0 Å². The molecule has 0 bridgehead atoms. The number of piperidine rings is 1. The average molecular weight is 579 g/mol. The number of nitrogens with zero attached hydrogens (tertiary/aromatic N) is 3. The number of ether oxygens (including phenoxy) is 1. The third-order valence-corrected chi connectivity index (χ3v) is 7.80. The number of aromatic amines is 1. The Labute approximate surface area is 252 Å². The van der Waals surface area contributed by atoms with Crippen LogP contribution in [0.3, 0.4) is 0 Å². The zero-order valence-corrected chi connectivity index (χ0v) is 24.5. The summed E-state index contributed by atoms with van der Waals surface area (Å²) in [6, 6.07) is 24.7. The number of aromatic nitrogens is 2. The number of hydrogen-bond acceptors (Lipinski definition) is 4. The highest BCUT2D eigenvalue weighted by atomic mass is 16.5. The van der Waals surface area contributed by atoms with Gasteiger partial charge in [-0.3, -0.25) is 9.89 Å². The Balaban J connectivity index is 1.28. The number of allylic oxidation sites excluding steroid dienone is 1. The van der Waals surface area contributed by atoms with E-state index < -0.39 is 6.09 Å². The topological polar surface area (TPSA) is 98.8 Å². The van der Waals surface area contributed by atoms with Crippen LogP contribution in [0.2, 0.25) is 0 Å². The average Bonchev–Trinajstić information content (AvgIpc) is 3.52. The van der Waals surface area contributed by atoms with E-state index in [2.05, 4.69) is 59.6 Å². The van der Waals surface area contributed by atoms with Crippen molar-refractivity contribution in [2.45, 2.75) is 32.6 Å².